The highest BCUT2D eigenvalue weighted by molar-refractivity contribution is 5.79. The molecule has 1 fully saturated rings. The van der Waals surface area contributed by atoms with Crippen LogP contribution >= 0.6 is 0 Å². The number of hydrogen-bond acceptors (Lipinski definition) is 5. The van der Waals surface area contributed by atoms with Crippen LogP contribution in [0.2, 0.25) is 0 Å². The number of carbonyl (C=O) groups is 1. The van der Waals surface area contributed by atoms with Gasteiger partial charge in [0.15, 0.2) is 6.10 Å². The van der Waals surface area contributed by atoms with Crippen molar-refractivity contribution in [1.29, 1.82) is 0 Å². The predicted octanol–water partition coefficient (Wildman–Crippen LogP) is 2.45. The number of ether oxygens (including phenoxy) is 4. The maximum atomic E-state index is 12.1. The summed E-state index contributed by atoms with van der Waals surface area (Å²) in [4.78, 5) is 12.1. The molecule has 1 saturated heterocycles. The number of hydrogen-bond donors (Lipinski definition) is 0. The summed E-state index contributed by atoms with van der Waals surface area (Å²) >= 11 is 0. The van der Waals surface area contributed by atoms with Crippen LogP contribution in [0, 0.1) is 0 Å². The van der Waals surface area contributed by atoms with Gasteiger partial charge in [0.1, 0.15) is 5.75 Å². The number of esters is 1. The summed E-state index contributed by atoms with van der Waals surface area (Å²) in [6.07, 6.45) is 0.341. The Morgan fingerprint density at radius 2 is 2.05 bits per heavy atom. The minimum atomic E-state index is -0.904. The van der Waals surface area contributed by atoms with E-state index in [4.69, 9.17) is 18.9 Å². The zero-order valence-electron chi connectivity index (χ0n) is 12.0. The molecule has 0 saturated carbocycles. The maximum Gasteiger partial charge on any atom is 0.342 e. The molecule has 0 amide bonds. The minimum Gasteiger partial charge on any atom is -0.496 e. The van der Waals surface area contributed by atoms with Crippen LogP contribution in [0.5, 0.6) is 5.75 Å². The van der Waals surface area contributed by atoms with Crippen LogP contribution in [0.25, 0.3) is 0 Å². The second-order valence-electron chi connectivity index (χ2n) is 4.67. The Balaban J connectivity index is 2.24. The van der Waals surface area contributed by atoms with Crippen molar-refractivity contribution in [2.75, 3.05) is 20.8 Å². The van der Waals surface area contributed by atoms with Crippen molar-refractivity contribution in [3.63, 3.8) is 0 Å². The fourth-order valence-corrected chi connectivity index (χ4v) is 2.30. The second-order valence-corrected chi connectivity index (χ2v) is 4.67. The molecule has 5 heteroatoms. The fraction of sp³-hybridized carbons (Fsp3) is 0.533. The number of cyclic esters (lactones) is 1. The van der Waals surface area contributed by atoms with Gasteiger partial charge in [0.2, 0.25) is 5.79 Å². The van der Waals surface area contributed by atoms with Crippen LogP contribution in [0.4, 0.5) is 0 Å². The van der Waals surface area contributed by atoms with Crippen LogP contribution in [0.1, 0.15) is 31.4 Å². The van der Waals surface area contributed by atoms with E-state index in [1.54, 1.807) is 20.3 Å². The largest absolute Gasteiger partial charge is 0.496 e. The summed E-state index contributed by atoms with van der Waals surface area (Å²) in [5.41, 5.74) is 0.688. The van der Waals surface area contributed by atoms with Gasteiger partial charge < -0.3 is 18.9 Å². The number of benzene rings is 1. The Hall–Kier alpha value is -1.59. The molecular formula is C15H20O5. The summed E-state index contributed by atoms with van der Waals surface area (Å²) in [6, 6.07) is 7.30. The smallest absolute Gasteiger partial charge is 0.342 e. The first-order valence-corrected chi connectivity index (χ1v) is 6.68. The molecule has 2 atom stereocenters. The van der Waals surface area contributed by atoms with Gasteiger partial charge in [-0.25, -0.2) is 4.79 Å². The molecule has 20 heavy (non-hydrogen) atoms. The molecule has 0 radical (unpaired) electrons. The number of para-hydroxylation sites is 1. The van der Waals surface area contributed by atoms with Crippen LogP contribution in [-0.2, 0) is 19.0 Å². The van der Waals surface area contributed by atoms with Crippen LogP contribution in [0.15, 0.2) is 24.3 Å². The molecule has 5 nitrogen and oxygen atoms in total. The molecule has 0 bridgehead atoms. The van der Waals surface area contributed by atoms with Crippen molar-refractivity contribution in [2.45, 2.75) is 31.7 Å². The van der Waals surface area contributed by atoms with Crippen LogP contribution in [-0.4, -0.2) is 32.6 Å². The normalized spacial score (nSPS) is 25.6. The topological polar surface area (TPSA) is 54.0 Å². The highest BCUT2D eigenvalue weighted by Crippen LogP contribution is 2.41. The lowest BCUT2D eigenvalue weighted by Gasteiger charge is -2.25. The molecule has 1 aromatic carbocycles. The van der Waals surface area contributed by atoms with Gasteiger partial charge in [-0.3, -0.25) is 0 Å². The molecule has 110 valence electrons. The standard InChI is InChI=1S/C15H20O5/c1-4-15(9-10-17-2)19-13(14(16)20-15)11-7-5-6-8-12(11)18-3/h5-8,13H,4,9-10H2,1-3H3/t13-,15?/m1/s1. The molecule has 2 rings (SSSR count). The lowest BCUT2D eigenvalue weighted by atomic mass is 10.1. The second kappa shape index (κ2) is 6.24. The summed E-state index contributed by atoms with van der Waals surface area (Å²) in [7, 11) is 3.18. The van der Waals surface area contributed by atoms with Gasteiger partial charge in [0, 0.05) is 25.5 Å². The summed E-state index contributed by atoms with van der Waals surface area (Å²) in [5, 5.41) is 0. The van der Waals surface area contributed by atoms with Crippen molar-refractivity contribution in [1.82, 2.24) is 0 Å². The molecule has 1 unspecified atom stereocenters. The predicted molar refractivity (Wildman–Crippen MR) is 72.4 cm³/mol. The third-order valence-electron chi connectivity index (χ3n) is 3.48. The van der Waals surface area contributed by atoms with Crippen molar-refractivity contribution in [3.8, 4) is 5.75 Å². The van der Waals surface area contributed by atoms with Gasteiger partial charge in [-0.2, -0.15) is 0 Å². The van der Waals surface area contributed by atoms with Crippen molar-refractivity contribution in [2.24, 2.45) is 0 Å². The SMILES string of the molecule is CCC1(CCOC)OC(=O)[C@@H](c2ccccc2OC)O1. The van der Waals surface area contributed by atoms with Gasteiger partial charge in [-0.15, -0.1) is 0 Å². The lowest BCUT2D eigenvalue weighted by Crippen LogP contribution is -2.31. The van der Waals surface area contributed by atoms with E-state index < -0.39 is 11.9 Å². The van der Waals surface area contributed by atoms with Gasteiger partial charge in [-0.05, 0) is 6.07 Å². The van der Waals surface area contributed by atoms with E-state index in [0.29, 0.717) is 30.8 Å². The van der Waals surface area contributed by atoms with E-state index in [1.807, 2.05) is 25.1 Å². The van der Waals surface area contributed by atoms with Crippen molar-refractivity contribution in [3.05, 3.63) is 29.8 Å². The van der Waals surface area contributed by atoms with Gasteiger partial charge >= 0.3 is 5.97 Å². The zero-order valence-corrected chi connectivity index (χ0v) is 12.0. The van der Waals surface area contributed by atoms with Crippen LogP contribution in [0.3, 0.4) is 0 Å². The maximum absolute atomic E-state index is 12.1. The average Bonchev–Trinajstić information content (AvgIpc) is 2.82. The Bertz CT molecular complexity index is 473. The average molecular weight is 280 g/mol. The van der Waals surface area contributed by atoms with Gasteiger partial charge in [-0.1, -0.05) is 25.1 Å². The summed E-state index contributed by atoms with van der Waals surface area (Å²) < 4.78 is 21.7. The number of carbonyl (C=O) groups excluding carboxylic acids is 1. The van der Waals surface area contributed by atoms with Gasteiger partial charge in [0.25, 0.3) is 0 Å². The highest BCUT2D eigenvalue weighted by Gasteiger charge is 2.47. The van der Waals surface area contributed by atoms with E-state index in [2.05, 4.69) is 0 Å². The van der Waals surface area contributed by atoms with Crippen LogP contribution < -0.4 is 4.74 Å². The zero-order chi connectivity index (χ0) is 14.6. The molecule has 1 aliphatic heterocycles. The van der Waals surface area contributed by atoms with E-state index in [0.717, 1.165) is 0 Å². The van der Waals surface area contributed by atoms with E-state index in [-0.39, 0.29) is 5.97 Å². The third kappa shape index (κ3) is 2.78. The quantitative estimate of drug-likeness (QED) is 0.749. The van der Waals surface area contributed by atoms with E-state index >= 15 is 0 Å². The molecule has 1 aromatic rings. The van der Waals surface area contributed by atoms with Crippen molar-refractivity contribution < 1.29 is 23.7 Å². The fourth-order valence-electron chi connectivity index (χ4n) is 2.30. The molecule has 0 spiro atoms. The first kappa shape index (κ1) is 14.8. The molecule has 1 aliphatic rings. The molecule has 0 aliphatic carbocycles. The minimum absolute atomic E-state index is 0.382. The summed E-state index contributed by atoms with van der Waals surface area (Å²) in [6.45, 7) is 2.40. The monoisotopic (exact) mass is 280 g/mol. The molecule has 0 N–H and O–H groups in total. The Kier molecular flexibility index (Phi) is 4.62. The lowest BCUT2D eigenvalue weighted by molar-refractivity contribution is -0.187. The number of rotatable bonds is 6. The highest BCUT2D eigenvalue weighted by atomic mass is 16.8. The Morgan fingerprint density at radius 1 is 1.30 bits per heavy atom. The first-order valence-electron chi connectivity index (χ1n) is 6.68. The summed E-state index contributed by atoms with van der Waals surface area (Å²) in [5.74, 6) is -0.668. The van der Waals surface area contributed by atoms with Crippen molar-refractivity contribution >= 4 is 5.97 Å². The van der Waals surface area contributed by atoms with E-state index in [1.165, 1.54) is 0 Å². The first-order chi connectivity index (χ1) is 9.65. The van der Waals surface area contributed by atoms with E-state index in [9.17, 15) is 4.79 Å². The Morgan fingerprint density at radius 3 is 2.70 bits per heavy atom. The molecular weight excluding hydrogens is 260 g/mol. The third-order valence-corrected chi connectivity index (χ3v) is 3.48. The number of methoxy groups -OCH3 is 2. The Labute approximate surface area is 118 Å². The molecule has 0 aromatic heterocycles. The molecule has 1 heterocycles. The van der Waals surface area contributed by atoms with Gasteiger partial charge in [0.05, 0.1) is 13.7 Å².